The maximum atomic E-state index is 12.1. The lowest BCUT2D eigenvalue weighted by Crippen LogP contribution is -2.47. The Kier molecular flexibility index (Phi) is 5.23. The van der Waals surface area contributed by atoms with Crippen molar-refractivity contribution in [3.05, 3.63) is 0 Å². The second kappa shape index (κ2) is 6.92. The molecule has 0 radical (unpaired) electrons. The first-order valence-corrected chi connectivity index (χ1v) is 7.38. The van der Waals surface area contributed by atoms with Gasteiger partial charge < -0.3 is 20.1 Å². The largest absolute Gasteiger partial charge is 0.481 e. The van der Waals surface area contributed by atoms with E-state index in [2.05, 4.69) is 5.32 Å². The molecule has 1 aliphatic carbocycles. The molecule has 0 aromatic carbocycles. The van der Waals surface area contributed by atoms with E-state index in [0.717, 1.165) is 32.1 Å². The minimum Gasteiger partial charge on any atom is -0.481 e. The Labute approximate surface area is 119 Å². The number of rotatable bonds is 4. The summed E-state index contributed by atoms with van der Waals surface area (Å²) < 4.78 is 5.30. The highest BCUT2D eigenvalue weighted by atomic mass is 16.5. The van der Waals surface area contributed by atoms with Crippen LogP contribution >= 0.6 is 0 Å². The lowest BCUT2D eigenvalue weighted by molar-refractivity contribution is -0.138. The van der Waals surface area contributed by atoms with Crippen LogP contribution in [0, 0.1) is 5.92 Å². The van der Waals surface area contributed by atoms with E-state index in [1.807, 2.05) is 0 Å². The third kappa shape index (κ3) is 4.10. The van der Waals surface area contributed by atoms with E-state index in [1.54, 1.807) is 12.0 Å². The van der Waals surface area contributed by atoms with Crippen LogP contribution in [0.2, 0.25) is 0 Å². The molecule has 114 valence electrons. The molecule has 2 N–H and O–H groups in total. The Morgan fingerprint density at radius 3 is 2.50 bits per heavy atom. The minimum absolute atomic E-state index is 0.0134. The Bertz CT molecular complexity index is 353. The Balaban J connectivity index is 1.71. The molecule has 0 aromatic rings. The number of carbonyl (C=O) groups is 2. The molecule has 1 heterocycles. The number of hydrogen-bond acceptors (Lipinski definition) is 3. The molecule has 2 aliphatic rings. The number of carboxylic acids is 1. The molecule has 0 aromatic heterocycles. The zero-order valence-corrected chi connectivity index (χ0v) is 12.0. The van der Waals surface area contributed by atoms with Gasteiger partial charge in [-0.3, -0.25) is 4.79 Å². The lowest BCUT2D eigenvalue weighted by Gasteiger charge is -2.32. The number of carboxylic acid groups (broad SMARTS) is 1. The molecular formula is C14H24N2O4. The van der Waals surface area contributed by atoms with Crippen molar-refractivity contribution in [3.8, 4) is 0 Å². The van der Waals surface area contributed by atoms with Crippen LogP contribution in [0.1, 0.15) is 38.5 Å². The molecular weight excluding hydrogens is 260 g/mol. The molecule has 20 heavy (non-hydrogen) atoms. The summed E-state index contributed by atoms with van der Waals surface area (Å²) in [4.78, 5) is 24.6. The number of aliphatic carboxylic acids is 1. The highest BCUT2D eigenvalue weighted by Crippen LogP contribution is 2.23. The van der Waals surface area contributed by atoms with E-state index >= 15 is 0 Å². The van der Waals surface area contributed by atoms with Gasteiger partial charge in [0.05, 0.1) is 6.10 Å². The van der Waals surface area contributed by atoms with E-state index in [-0.39, 0.29) is 30.5 Å². The third-order valence-corrected chi connectivity index (χ3v) is 4.41. The van der Waals surface area contributed by atoms with Gasteiger partial charge in [-0.05, 0) is 38.0 Å². The number of likely N-dealkylation sites (tertiary alicyclic amines) is 1. The average molecular weight is 284 g/mol. The second-order valence-corrected chi connectivity index (χ2v) is 5.85. The van der Waals surface area contributed by atoms with Crippen LogP contribution in [-0.4, -0.2) is 54.4 Å². The number of piperidine rings is 1. The number of amides is 2. The van der Waals surface area contributed by atoms with Crippen molar-refractivity contribution < 1.29 is 19.4 Å². The average Bonchev–Trinajstić information content (AvgIpc) is 2.86. The van der Waals surface area contributed by atoms with Gasteiger partial charge in [0.15, 0.2) is 0 Å². The molecule has 2 atom stereocenters. The van der Waals surface area contributed by atoms with Gasteiger partial charge in [0.1, 0.15) is 0 Å². The van der Waals surface area contributed by atoms with Gasteiger partial charge in [-0.25, -0.2) is 4.79 Å². The monoisotopic (exact) mass is 284 g/mol. The van der Waals surface area contributed by atoms with Crippen LogP contribution in [0.4, 0.5) is 4.79 Å². The normalized spacial score (nSPS) is 27.6. The maximum Gasteiger partial charge on any atom is 0.317 e. The third-order valence-electron chi connectivity index (χ3n) is 4.41. The lowest BCUT2D eigenvalue weighted by atomic mass is 9.94. The van der Waals surface area contributed by atoms with Crippen molar-refractivity contribution in [2.45, 2.75) is 50.7 Å². The smallest absolute Gasteiger partial charge is 0.317 e. The van der Waals surface area contributed by atoms with E-state index in [0.29, 0.717) is 13.1 Å². The van der Waals surface area contributed by atoms with E-state index in [1.165, 1.54) is 0 Å². The van der Waals surface area contributed by atoms with Gasteiger partial charge in [0.2, 0.25) is 0 Å². The van der Waals surface area contributed by atoms with Gasteiger partial charge >= 0.3 is 12.0 Å². The minimum atomic E-state index is -0.746. The predicted molar refractivity (Wildman–Crippen MR) is 73.5 cm³/mol. The van der Waals surface area contributed by atoms with Gasteiger partial charge in [-0.2, -0.15) is 0 Å². The number of nitrogens with zero attached hydrogens (tertiary/aromatic N) is 1. The molecule has 6 nitrogen and oxygen atoms in total. The Morgan fingerprint density at radius 1 is 1.25 bits per heavy atom. The SMILES string of the molecule is COC1CCC(NC(=O)N2CCC(CC(=O)O)CC2)C1. The quantitative estimate of drug-likeness (QED) is 0.819. The van der Waals surface area contributed by atoms with Crippen molar-refractivity contribution >= 4 is 12.0 Å². The number of nitrogens with one attached hydrogen (secondary N) is 1. The molecule has 2 fully saturated rings. The molecule has 2 amide bonds. The van der Waals surface area contributed by atoms with E-state index in [9.17, 15) is 9.59 Å². The highest BCUT2D eigenvalue weighted by Gasteiger charge is 2.29. The van der Waals surface area contributed by atoms with Gasteiger partial charge in [-0.15, -0.1) is 0 Å². The van der Waals surface area contributed by atoms with Crippen molar-refractivity contribution in [1.82, 2.24) is 10.2 Å². The topological polar surface area (TPSA) is 78.9 Å². The van der Waals surface area contributed by atoms with Crippen molar-refractivity contribution in [2.24, 2.45) is 5.92 Å². The van der Waals surface area contributed by atoms with Crippen LogP contribution in [0.5, 0.6) is 0 Å². The fourth-order valence-electron chi connectivity index (χ4n) is 3.14. The molecule has 0 spiro atoms. The number of hydrogen-bond donors (Lipinski definition) is 2. The van der Waals surface area contributed by atoms with Crippen LogP contribution in [0.15, 0.2) is 0 Å². The van der Waals surface area contributed by atoms with Gasteiger partial charge in [0, 0.05) is 32.7 Å². The molecule has 1 saturated carbocycles. The summed E-state index contributed by atoms with van der Waals surface area (Å²) in [6, 6.07) is 0.199. The first-order chi connectivity index (χ1) is 9.58. The summed E-state index contributed by atoms with van der Waals surface area (Å²) >= 11 is 0. The summed E-state index contributed by atoms with van der Waals surface area (Å²) in [7, 11) is 1.71. The maximum absolute atomic E-state index is 12.1. The number of methoxy groups -OCH3 is 1. The zero-order valence-electron chi connectivity index (χ0n) is 12.0. The first-order valence-electron chi connectivity index (χ1n) is 7.38. The Morgan fingerprint density at radius 2 is 1.95 bits per heavy atom. The van der Waals surface area contributed by atoms with Crippen LogP contribution < -0.4 is 5.32 Å². The molecule has 2 rings (SSSR count). The van der Waals surface area contributed by atoms with Crippen molar-refractivity contribution in [1.29, 1.82) is 0 Å². The number of carbonyl (C=O) groups excluding carboxylic acids is 1. The summed E-state index contributed by atoms with van der Waals surface area (Å²) in [5, 5.41) is 11.8. The molecule has 0 bridgehead atoms. The van der Waals surface area contributed by atoms with E-state index in [4.69, 9.17) is 9.84 Å². The summed E-state index contributed by atoms with van der Waals surface area (Å²) in [5.41, 5.74) is 0. The van der Waals surface area contributed by atoms with Gasteiger partial charge in [0.25, 0.3) is 0 Å². The standard InChI is InChI=1S/C14H24N2O4/c1-20-12-3-2-11(9-12)15-14(19)16-6-4-10(5-7-16)8-13(17)18/h10-12H,2-9H2,1H3,(H,15,19)(H,17,18). The van der Waals surface area contributed by atoms with Crippen LogP contribution in [0.25, 0.3) is 0 Å². The summed E-state index contributed by atoms with van der Waals surface area (Å²) in [5.74, 6) is -0.537. The molecule has 1 aliphatic heterocycles. The zero-order chi connectivity index (χ0) is 14.5. The van der Waals surface area contributed by atoms with Gasteiger partial charge in [-0.1, -0.05) is 0 Å². The molecule has 1 saturated heterocycles. The molecule has 2 unspecified atom stereocenters. The van der Waals surface area contributed by atoms with Crippen LogP contribution in [0.3, 0.4) is 0 Å². The van der Waals surface area contributed by atoms with Crippen molar-refractivity contribution in [2.75, 3.05) is 20.2 Å². The predicted octanol–water partition coefficient (Wildman–Crippen LogP) is 1.45. The Hall–Kier alpha value is -1.30. The van der Waals surface area contributed by atoms with Crippen LogP contribution in [-0.2, 0) is 9.53 Å². The molecule has 6 heteroatoms. The number of ether oxygens (including phenoxy) is 1. The second-order valence-electron chi connectivity index (χ2n) is 5.85. The fraction of sp³-hybridized carbons (Fsp3) is 0.857. The van der Waals surface area contributed by atoms with E-state index < -0.39 is 5.97 Å². The summed E-state index contributed by atoms with van der Waals surface area (Å²) in [6.45, 7) is 1.31. The van der Waals surface area contributed by atoms with Crippen molar-refractivity contribution in [3.63, 3.8) is 0 Å². The fourth-order valence-corrected chi connectivity index (χ4v) is 3.14. The highest BCUT2D eigenvalue weighted by molar-refractivity contribution is 5.74. The summed E-state index contributed by atoms with van der Waals surface area (Å²) in [6.07, 6.45) is 4.91. The number of urea groups is 1. The first kappa shape index (κ1) is 15.1.